The minimum Gasteiger partial charge on any atom is -0.369 e. The Morgan fingerprint density at radius 3 is 2.52 bits per heavy atom. The fourth-order valence-electron chi connectivity index (χ4n) is 2.70. The lowest BCUT2D eigenvalue weighted by atomic mass is 10.0. The summed E-state index contributed by atoms with van der Waals surface area (Å²) in [5, 5.41) is 10.9. The molecular formula is C15H25N3O2S. The SMILES string of the molecule is CCCCCNc1ccc(S(=O)(=O)C2CCCCC2)nn1. The van der Waals surface area contributed by atoms with E-state index in [2.05, 4.69) is 22.4 Å². The van der Waals surface area contributed by atoms with Crippen molar-refractivity contribution >= 4 is 15.7 Å². The Balaban J connectivity index is 1.97. The summed E-state index contributed by atoms with van der Waals surface area (Å²) in [5.41, 5.74) is 0. The zero-order valence-corrected chi connectivity index (χ0v) is 13.5. The molecule has 2 rings (SSSR count). The van der Waals surface area contributed by atoms with Gasteiger partial charge in [-0.15, -0.1) is 10.2 Å². The first-order chi connectivity index (χ1) is 10.1. The predicted octanol–water partition coefficient (Wildman–Crippen LogP) is 3.19. The van der Waals surface area contributed by atoms with Crippen LogP contribution in [0.1, 0.15) is 58.3 Å². The van der Waals surface area contributed by atoms with Crippen molar-refractivity contribution in [2.45, 2.75) is 68.6 Å². The summed E-state index contributed by atoms with van der Waals surface area (Å²) in [7, 11) is -3.31. The summed E-state index contributed by atoms with van der Waals surface area (Å²) in [5.74, 6) is 0.647. The van der Waals surface area contributed by atoms with Crippen LogP contribution in [0.5, 0.6) is 0 Å². The maximum absolute atomic E-state index is 12.5. The maximum Gasteiger partial charge on any atom is 0.200 e. The minimum atomic E-state index is -3.31. The summed E-state index contributed by atoms with van der Waals surface area (Å²) in [4.78, 5) is 0. The normalized spacial score (nSPS) is 16.8. The third-order valence-electron chi connectivity index (χ3n) is 4.01. The van der Waals surface area contributed by atoms with Gasteiger partial charge in [-0.3, -0.25) is 0 Å². The molecule has 0 bridgehead atoms. The lowest BCUT2D eigenvalue weighted by Gasteiger charge is -2.20. The van der Waals surface area contributed by atoms with Gasteiger partial charge in [0.15, 0.2) is 14.9 Å². The molecular weight excluding hydrogens is 286 g/mol. The monoisotopic (exact) mass is 311 g/mol. The van der Waals surface area contributed by atoms with E-state index in [0.717, 1.165) is 45.1 Å². The Morgan fingerprint density at radius 1 is 1.14 bits per heavy atom. The van der Waals surface area contributed by atoms with Gasteiger partial charge >= 0.3 is 0 Å². The Morgan fingerprint density at radius 2 is 1.90 bits per heavy atom. The van der Waals surface area contributed by atoms with Crippen molar-refractivity contribution in [1.82, 2.24) is 10.2 Å². The number of unbranched alkanes of at least 4 members (excludes halogenated alkanes) is 2. The van der Waals surface area contributed by atoms with Crippen LogP contribution in [0.3, 0.4) is 0 Å². The van der Waals surface area contributed by atoms with Crippen LogP contribution in [0.15, 0.2) is 17.2 Å². The first-order valence-corrected chi connectivity index (χ1v) is 9.50. The fourth-order valence-corrected chi connectivity index (χ4v) is 4.41. The van der Waals surface area contributed by atoms with E-state index in [1.165, 1.54) is 12.8 Å². The van der Waals surface area contributed by atoms with E-state index in [4.69, 9.17) is 0 Å². The van der Waals surface area contributed by atoms with Gasteiger partial charge in [0.05, 0.1) is 5.25 Å². The number of hydrogen-bond acceptors (Lipinski definition) is 5. The highest BCUT2D eigenvalue weighted by atomic mass is 32.2. The number of hydrogen-bond donors (Lipinski definition) is 1. The Kier molecular flexibility index (Phi) is 5.96. The Hall–Kier alpha value is -1.17. The Bertz CT molecular complexity index is 522. The first kappa shape index (κ1) is 16.2. The highest BCUT2D eigenvalue weighted by molar-refractivity contribution is 7.92. The third-order valence-corrected chi connectivity index (χ3v) is 6.16. The van der Waals surface area contributed by atoms with Crippen molar-refractivity contribution in [3.8, 4) is 0 Å². The standard InChI is InChI=1S/C15H25N3O2S/c1-2-3-7-12-16-14-10-11-15(18-17-14)21(19,20)13-8-5-4-6-9-13/h10-11,13H,2-9,12H2,1H3,(H,16,17). The van der Waals surface area contributed by atoms with Crippen molar-refractivity contribution in [2.75, 3.05) is 11.9 Å². The second-order valence-corrected chi connectivity index (χ2v) is 7.87. The molecule has 21 heavy (non-hydrogen) atoms. The van der Waals surface area contributed by atoms with Crippen LogP contribution in [0.4, 0.5) is 5.82 Å². The number of anilines is 1. The molecule has 6 heteroatoms. The molecule has 0 amide bonds. The molecule has 1 fully saturated rings. The van der Waals surface area contributed by atoms with Crippen LogP contribution < -0.4 is 5.32 Å². The number of sulfone groups is 1. The van der Waals surface area contributed by atoms with Crippen molar-refractivity contribution in [1.29, 1.82) is 0 Å². The summed E-state index contributed by atoms with van der Waals surface area (Å²) >= 11 is 0. The third kappa shape index (κ3) is 4.40. The molecule has 1 aliphatic carbocycles. The molecule has 0 unspecified atom stereocenters. The maximum atomic E-state index is 12.5. The van der Waals surface area contributed by atoms with Gasteiger partial charge in [0.2, 0.25) is 0 Å². The molecule has 1 N–H and O–H groups in total. The lowest BCUT2D eigenvalue weighted by Crippen LogP contribution is -2.25. The van der Waals surface area contributed by atoms with E-state index in [1.807, 2.05) is 0 Å². The molecule has 118 valence electrons. The van der Waals surface area contributed by atoms with Crippen molar-refractivity contribution in [2.24, 2.45) is 0 Å². The van der Waals surface area contributed by atoms with E-state index >= 15 is 0 Å². The minimum absolute atomic E-state index is 0.119. The molecule has 1 aromatic heterocycles. The second-order valence-electron chi connectivity index (χ2n) is 5.70. The van der Waals surface area contributed by atoms with Gasteiger partial charge in [-0.25, -0.2) is 8.42 Å². The highest BCUT2D eigenvalue weighted by Gasteiger charge is 2.30. The topological polar surface area (TPSA) is 72.0 Å². The molecule has 0 atom stereocenters. The van der Waals surface area contributed by atoms with Crippen LogP contribution in [-0.2, 0) is 9.84 Å². The molecule has 1 aromatic rings. The quantitative estimate of drug-likeness (QED) is 0.783. The predicted molar refractivity (Wildman–Crippen MR) is 84.1 cm³/mol. The molecule has 1 heterocycles. The van der Waals surface area contributed by atoms with E-state index in [-0.39, 0.29) is 10.3 Å². The molecule has 0 saturated heterocycles. The number of aromatic nitrogens is 2. The van der Waals surface area contributed by atoms with E-state index < -0.39 is 9.84 Å². The number of nitrogens with zero attached hydrogens (tertiary/aromatic N) is 2. The van der Waals surface area contributed by atoms with Crippen molar-refractivity contribution in [3.05, 3.63) is 12.1 Å². The summed E-state index contributed by atoms with van der Waals surface area (Å²) in [6, 6.07) is 3.30. The van der Waals surface area contributed by atoms with Gasteiger partial charge in [0.25, 0.3) is 0 Å². The largest absolute Gasteiger partial charge is 0.369 e. The van der Waals surface area contributed by atoms with Gasteiger partial charge in [0, 0.05) is 6.54 Å². The molecule has 5 nitrogen and oxygen atoms in total. The van der Waals surface area contributed by atoms with Crippen molar-refractivity contribution in [3.63, 3.8) is 0 Å². The number of nitrogens with one attached hydrogen (secondary N) is 1. The lowest BCUT2D eigenvalue weighted by molar-refractivity contribution is 0.481. The van der Waals surface area contributed by atoms with Crippen LogP contribution in [0.2, 0.25) is 0 Å². The van der Waals surface area contributed by atoms with Crippen LogP contribution in [0, 0.1) is 0 Å². The zero-order chi connectivity index (χ0) is 15.1. The average Bonchev–Trinajstić information content (AvgIpc) is 2.53. The molecule has 0 aromatic carbocycles. The van der Waals surface area contributed by atoms with E-state index in [0.29, 0.717) is 5.82 Å². The van der Waals surface area contributed by atoms with Gasteiger partial charge in [0.1, 0.15) is 5.82 Å². The summed E-state index contributed by atoms with van der Waals surface area (Å²) in [6.45, 7) is 3.00. The van der Waals surface area contributed by atoms with Gasteiger partial charge in [-0.2, -0.15) is 0 Å². The van der Waals surface area contributed by atoms with Crippen LogP contribution >= 0.6 is 0 Å². The first-order valence-electron chi connectivity index (χ1n) is 7.96. The number of rotatable bonds is 7. The zero-order valence-electron chi connectivity index (χ0n) is 12.7. The smallest absolute Gasteiger partial charge is 0.200 e. The Labute approximate surface area is 127 Å². The van der Waals surface area contributed by atoms with E-state index in [9.17, 15) is 8.42 Å². The molecule has 0 radical (unpaired) electrons. The fraction of sp³-hybridized carbons (Fsp3) is 0.733. The molecule has 0 spiro atoms. The summed E-state index contributed by atoms with van der Waals surface area (Å²) < 4.78 is 24.9. The van der Waals surface area contributed by atoms with Gasteiger partial charge < -0.3 is 5.32 Å². The van der Waals surface area contributed by atoms with Crippen LogP contribution in [-0.4, -0.2) is 30.4 Å². The van der Waals surface area contributed by atoms with Crippen LogP contribution in [0.25, 0.3) is 0 Å². The van der Waals surface area contributed by atoms with Gasteiger partial charge in [-0.05, 0) is 31.4 Å². The average molecular weight is 311 g/mol. The van der Waals surface area contributed by atoms with Gasteiger partial charge in [-0.1, -0.05) is 39.0 Å². The second kappa shape index (κ2) is 7.73. The highest BCUT2D eigenvalue weighted by Crippen LogP contribution is 2.27. The van der Waals surface area contributed by atoms with E-state index in [1.54, 1.807) is 12.1 Å². The molecule has 1 aliphatic rings. The molecule has 1 saturated carbocycles. The van der Waals surface area contributed by atoms with Crippen molar-refractivity contribution < 1.29 is 8.42 Å². The molecule has 0 aliphatic heterocycles. The summed E-state index contributed by atoms with van der Waals surface area (Å²) in [6.07, 6.45) is 8.06.